The summed E-state index contributed by atoms with van der Waals surface area (Å²) in [5.41, 5.74) is 0.538. The molecule has 1 atom stereocenters. The molecule has 0 radical (unpaired) electrons. The monoisotopic (exact) mass is 168 g/mol. The highest BCUT2D eigenvalue weighted by Crippen LogP contribution is 2.07. The van der Waals surface area contributed by atoms with E-state index in [1.807, 2.05) is 13.8 Å². The van der Waals surface area contributed by atoms with Crippen LogP contribution in [0.3, 0.4) is 0 Å². The van der Waals surface area contributed by atoms with Crippen molar-refractivity contribution in [2.24, 2.45) is 0 Å². The van der Waals surface area contributed by atoms with Crippen LogP contribution in [0, 0.1) is 0 Å². The minimum absolute atomic E-state index is 0.176. The predicted molar refractivity (Wildman–Crippen MR) is 44.0 cm³/mol. The van der Waals surface area contributed by atoms with Gasteiger partial charge in [-0.1, -0.05) is 0 Å². The Labute approximate surface area is 71.1 Å². The summed E-state index contributed by atoms with van der Waals surface area (Å²) in [6.07, 6.45) is 2.17. The van der Waals surface area contributed by atoms with Gasteiger partial charge in [0.05, 0.1) is 0 Å². The number of hydrogen-bond donors (Lipinski definition) is 0. The van der Waals surface area contributed by atoms with Gasteiger partial charge in [0.15, 0.2) is 6.29 Å². The van der Waals surface area contributed by atoms with E-state index >= 15 is 0 Å². The molecule has 66 valence electrons. The van der Waals surface area contributed by atoms with Crippen LogP contribution in [0.4, 0.5) is 0 Å². The fourth-order valence-corrected chi connectivity index (χ4v) is 1.03. The fraction of sp³-hybridized carbons (Fsp3) is 0.500. The van der Waals surface area contributed by atoms with Crippen LogP contribution in [0.5, 0.6) is 0 Å². The maximum atomic E-state index is 10.5. The molecule has 4 heteroatoms. The predicted octanol–water partition coefficient (Wildman–Crippen LogP) is 1.25. The number of nitrogens with zero attached hydrogens (tertiary/aromatic N) is 2. The molecular formula is C8H12N2O2. The van der Waals surface area contributed by atoms with Gasteiger partial charge in [0.2, 0.25) is 0 Å². The molecule has 1 aromatic rings. The molecule has 0 saturated heterocycles. The maximum absolute atomic E-state index is 10.5. The van der Waals surface area contributed by atoms with E-state index in [1.165, 1.54) is 0 Å². The first-order valence-corrected chi connectivity index (χ1v) is 3.90. The first kappa shape index (κ1) is 8.93. The molecule has 1 heterocycles. The Morgan fingerprint density at radius 1 is 1.83 bits per heavy atom. The van der Waals surface area contributed by atoms with Gasteiger partial charge in [-0.15, -0.1) is 0 Å². The Bertz CT molecular complexity index is 257. The van der Waals surface area contributed by atoms with E-state index in [0.29, 0.717) is 12.3 Å². The Morgan fingerprint density at radius 2 is 2.58 bits per heavy atom. The summed E-state index contributed by atoms with van der Waals surface area (Å²) in [7, 11) is 0. The van der Waals surface area contributed by atoms with Gasteiger partial charge in [0, 0.05) is 12.8 Å². The molecule has 0 bridgehead atoms. The summed E-state index contributed by atoms with van der Waals surface area (Å²) in [6.45, 7) is 4.36. The molecule has 1 aromatic heterocycles. The van der Waals surface area contributed by atoms with E-state index in [0.717, 1.165) is 6.29 Å². The number of ether oxygens (including phenoxy) is 1. The summed E-state index contributed by atoms with van der Waals surface area (Å²) >= 11 is 0. The lowest BCUT2D eigenvalue weighted by Crippen LogP contribution is -2.13. The summed E-state index contributed by atoms with van der Waals surface area (Å²) < 4.78 is 6.82. The van der Waals surface area contributed by atoms with Crippen molar-refractivity contribution in [2.75, 3.05) is 6.61 Å². The summed E-state index contributed by atoms with van der Waals surface area (Å²) in [5, 5.41) is 3.97. The Balaban J connectivity index is 2.78. The lowest BCUT2D eigenvalue weighted by molar-refractivity contribution is 0.0146. The molecule has 0 saturated carbocycles. The van der Waals surface area contributed by atoms with E-state index < -0.39 is 0 Å². The number of carbonyl (C=O) groups is 1. The third kappa shape index (κ3) is 1.71. The number of aldehydes is 1. The van der Waals surface area contributed by atoms with Crippen LogP contribution in [0.25, 0.3) is 0 Å². The number of aromatic nitrogens is 2. The smallest absolute Gasteiger partial charge is 0.168 e. The second kappa shape index (κ2) is 4.01. The average molecular weight is 168 g/mol. The molecule has 0 spiro atoms. The molecule has 0 aromatic carbocycles. The highest BCUT2D eigenvalue weighted by Gasteiger charge is 2.07. The van der Waals surface area contributed by atoms with Gasteiger partial charge in [-0.25, -0.2) is 4.68 Å². The third-order valence-corrected chi connectivity index (χ3v) is 1.57. The lowest BCUT2D eigenvalue weighted by Gasteiger charge is -2.12. The molecule has 1 rings (SSSR count). The van der Waals surface area contributed by atoms with Crippen molar-refractivity contribution in [3.8, 4) is 0 Å². The quantitative estimate of drug-likeness (QED) is 0.635. The molecule has 12 heavy (non-hydrogen) atoms. The molecule has 0 fully saturated rings. The largest absolute Gasteiger partial charge is 0.357 e. The number of hydrogen-bond acceptors (Lipinski definition) is 3. The standard InChI is InChI=1S/C8H12N2O2/c1-3-12-7(2)10-8(6-11)4-5-9-10/h4-7H,3H2,1-2H3/t7-/m0/s1. The van der Waals surface area contributed by atoms with E-state index in [1.54, 1.807) is 16.9 Å². The second-order valence-electron chi connectivity index (χ2n) is 2.37. The van der Waals surface area contributed by atoms with Crippen molar-refractivity contribution >= 4 is 6.29 Å². The van der Waals surface area contributed by atoms with Crippen LogP contribution in [0.2, 0.25) is 0 Å². The molecule has 0 aliphatic heterocycles. The first-order valence-electron chi connectivity index (χ1n) is 3.90. The van der Waals surface area contributed by atoms with E-state index in [4.69, 9.17) is 4.74 Å². The Hall–Kier alpha value is -1.16. The Morgan fingerprint density at radius 3 is 3.17 bits per heavy atom. The zero-order chi connectivity index (χ0) is 8.97. The first-order chi connectivity index (χ1) is 5.79. The van der Waals surface area contributed by atoms with Crippen molar-refractivity contribution in [1.29, 1.82) is 0 Å². The van der Waals surface area contributed by atoms with E-state index in [-0.39, 0.29) is 6.23 Å². The van der Waals surface area contributed by atoms with Gasteiger partial charge in [0.25, 0.3) is 0 Å². The maximum Gasteiger partial charge on any atom is 0.168 e. The van der Waals surface area contributed by atoms with Gasteiger partial charge < -0.3 is 4.74 Å². The summed E-state index contributed by atoms with van der Waals surface area (Å²) in [6, 6.07) is 1.66. The average Bonchev–Trinajstić information content (AvgIpc) is 2.51. The van der Waals surface area contributed by atoms with E-state index in [9.17, 15) is 4.79 Å². The van der Waals surface area contributed by atoms with Crippen LogP contribution < -0.4 is 0 Å². The topological polar surface area (TPSA) is 44.1 Å². The number of carbonyl (C=O) groups excluding carboxylic acids is 1. The number of rotatable bonds is 4. The highest BCUT2D eigenvalue weighted by molar-refractivity contribution is 5.71. The molecule has 4 nitrogen and oxygen atoms in total. The Kier molecular flexibility index (Phi) is 2.99. The molecule has 0 aliphatic carbocycles. The van der Waals surface area contributed by atoms with E-state index in [2.05, 4.69) is 5.10 Å². The SMILES string of the molecule is CCO[C@@H](C)n1nccc1C=O. The van der Waals surface area contributed by atoms with Crippen LogP contribution in [0.1, 0.15) is 30.6 Å². The minimum Gasteiger partial charge on any atom is -0.357 e. The molecule has 0 unspecified atom stereocenters. The molecule has 0 aliphatic rings. The van der Waals surface area contributed by atoms with Crippen molar-refractivity contribution < 1.29 is 9.53 Å². The zero-order valence-electron chi connectivity index (χ0n) is 7.23. The summed E-state index contributed by atoms with van der Waals surface area (Å²) in [4.78, 5) is 10.5. The van der Waals surface area contributed by atoms with Gasteiger partial charge >= 0.3 is 0 Å². The molecular weight excluding hydrogens is 156 g/mol. The van der Waals surface area contributed by atoms with Crippen LogP contribution in [0.15, 0.2) is 12.3 Å². The minimum atomic E-state index is -0.176. The normalized spacial score (nSPS) is 12.8. The van der Waals surface area contributed by atoms with Gasteiger partial charge in [-0.05, 0) is 19.9 Å². The molecule has 0 N–H and O–H groups in total. The van der Waals surface area contributed by atoms with Crippen LogP contribution in [-0.2, 0) is 4.74 Å². The second-order valence-corrected chi connectivity index (χ2v) is 2.37. The van der Waals surface area contributed by atoms with Crippen LogP contribution >= 0.6 is 0 Å². The lowest BCUT2D eigenvalue weighted by atomic mass is 10.4. The third-order valence-electron chi connectivity index (χ3n) is 1.57. The fourth-order valence-electron chi connectivity index (χ4n) is 1.03. The van der Waals surface area contributed by atoms with Gasteiger partial charge in [-0.2, -0.15) is 5.10 Å². The van der Waals surface area contributed by atoms with Gasteiger partial charge in [-0.3, -0.25) is 4.79 Å². The van der Waals surface area contributed by atoms with Crippen molar-refractivity contribution in [1.82, 2.24) is 9.78 Å². The van der Waals surface area contributed by atoms with Crippen LogP contribution in [-0.4, -0.2) is 22.7 Å². The summed E-state index contributed by atoms with van der Waals surface area (Å²) in [5.74, 6) is 0. The highest BCUT2D eigenvalue weighted by atomic mass is 16.5. The van der Waals surface area contributed by atoms with Crippen molar-refractivity contribution in [2.45, 2.75) is 20.1 Å². The van der Waals surface area contributed by atoms with Gasteiger partial charge in [0.1, 0.15) is 11.9 Å². The zero-order valence-corrected chi connectivity index (χ0v) is 7.23. The van der Waals surface area contributed by atoms with Crippen molar-refractivity contribution in [3.63, 3.8) is 0 Å². The van der Waals surface area contributed by atoms with Crippen molar-refractivity contribution in [3.05, 3.63) is 18.0 Å². The molecule has 0 amide bonds.